The Bertz CT molecular complexity index is 647. The number of benzene rings is 2. The molecular formula is C19H23NO2. The number of carbonyl (C=O) groups is 1. The Hall–Kier alpha value is -2.29. The first kappa shape index (κ1) is 16.1. The number of ether oxygens (including phenoxy) is 1. The third-order valence-corrected chi connectivity index (χ3v) is 3.85. The van der Waals surface area contributed by atoms with Gasteiger partial charge in [0.15, 0.2) is 0 Å². The van der Waals surface area contributed by atoms with E-state index >= 15 is 0 Å². The van der Waals surface area contributed by atoms with Gasteiger partial charge in [-0.05, 0) is 49.6 Å². The molecule has 0 spiro atoms. The van der Waals surface area contributed by atoms with Crippen LogP contribution >= 0.6 is 0 Å². The van der Waals surface area contributed by atoms with E-state index in [0.717, 1.165) is 23.3 Å². The third kappa shape index (κ3) is 3.67. The Morgan fingerprint density at radius 1 is 1.14 bits per heavy atom. The first-order chi connectivity index (χ1) is 10.5. The van der Waals surface area contributed by atoms with Crippen molar-refractivity contribution in [3.63, 3.8) is 0 Å². The molecule has 3 nitrogen and oxygen atoms in total. The van der Waals surface area contributed by atoms with Gasteiger partial charge in [0.05, 0.1) is 13.2 Å². The fraction of sp³-hybridized carbons (Fsp3) is 0.316. The van der Waals surface area contributed by atoms with Gasteiger partial charge in [-0.15, -0.1) is 0 Å². The predicted octanol–water partition coefficient (Wildman–Crippen LogP) is 4.19. The van der Waals surface area contributed by atoms with Crippen molar-refractivity contribution in [1.82, 2.24) is 5.32 Å². The predicted molar refractivity (Wildman–Crippen MR) is 89.4 cm³/mol. The highest BCUT2D eigenvalue weighted by Crippen LogP contribution is 2.21. The molecule has 0 fully saturated rings. The molecule has 0 aliphatic rings. The van der Waals surface area contributed by atoms with Crippen LogP contribution in [0, 0.1) is 13.8 Å². The zero-order valence-electron chi connectivity index (χ0n) is 13.6. The summed E-state index contributed by atoms with van der Waals surface area (Å²) in [7, 11) is 1.63. The summed E-state index contributed by atoms with van der Waals surface area (Å²) in [6.45, 7) is 6.07. The number of aryl methyl sites for hydroxylation is 2. The highest BCUT2D eigenvalue weighted by molar-refractivity contribution is 5.94. The van der Waals surface area contributed by atoms with Crippen molar-refractivity contribution >= 4 is 5.91 Å². The van der Waals surface area contributed by atoms with E-state index in [9.17, 15) is 4.79 Å². The lowest BCUT2D eigenvalue weighted by Gasteiger charge is -2.18. The number of hydrogen-bond donors (Lipinski definition) is 1. The fourth-order valence-electron chi connectivity index (χ4n) is 2.48. The minimum Gasteiger partial charge on any atom is -0.496 e. The van der Waals surface area contributed by atoms with Crippen LogP contribution in [0.4, 0.5) is 0 Å². The standard InChI is InChI=1S/C19H23NO2/c1-5-17(15-8-6-13(2)7-9-15)20-19(21)16-10-11-18(22-4)14(3)12-16/h6-12,17H,5H2,1-4H3,(H,20,21)/t17-/m0/s1. The summed E-state index contributed by atoms with van der Waals surface area (Å²) < 4.78 is 5.23. The summed E-state index contributed by atoms with van der Waals surface area (Å²) in [5.41, 5.74) is 3.96. The lowest BCUT2D eigenvalue weighted by molar-refractivity contribution is 0.0935. The Balaban J connectivity index is 2.15. The van der Waals surface area contributed by atoms with Gasteiger partial charge in [0.2, 0.25) is 0 Å². The van der Waals surface area contributed by atoms with Crippen LogP contribution in [0.1, 0.15) is 46.4 Å². The van der Waals surface area contributed by atoms with Crippen molar-refractivity contribution in [2.45, 2.75) is 33.2 Å². The normalized spacial score (nSPS) is 11.8. The van der Waals surface area contributed by atoms with E-state index in [2.05, 4.69) is 43.4 Å². The molecule has 0 saturated heterocycles. The number of nitrogens with one attached hydrogen (secondary N) is 1. The van der Waals surface area contributed by atoms with Gasteiger partial charge in [0.1, 0.15) is 5.75 Å². The summed E-state index contributed by atoms with van der Waals surface area (Å²) >= 11 is 0. The van der Waals surface area contributed by atoms with Gasteiger partial charge < -0.3 is 10.1 Å². The summed E-state index contributed by atoms with van der Waals surface area (Å²) in [5.74, 6) is 0.736. The van der Waals surface area contributed by atoms with Crippen LogP contribution in [0.15, 0.2) is 42.5 Å². The smallest absolute Gasteiger partial charge is 0.251 e. The van der Waals surface area contributed by atoms with Crippen LogP contribution in [-0.4, -0.2) is 13.0 Å². The van der Waals surface area contributed by atoms with E-state index in [0.29, 0.717) is 5.56 Å². The molecule has 116 valence electrons. The van der Waals surface area contributed by atoms with E-state index in [1.807, 2.05) is 19.1 Å². The van der Waals surface area contributed by atoms with E-state index in [1.165, 1.54) is 5.56 Å². The van der Waals surface area contributed by atoms with Gasteiger partial charge in [0, 0.05) is 5.56 Å². The second-order valence-electron chi connectivity index (χ2n) is 5.53. The van der Waals surface area contributed by atoms with E-state index < -0.39 is 0 Å². The Morgan fingerprint density at radius 2 is 1.82 bits per heavy atom. The number of rotatable bonds is 5. The summed E-state index contributed by atoms with van der Waals surface area (Å²) in [6, 6.07) is 13.8. The molecule has 1 atom stereocenters. The molecule has 0 bridgehead atoms. The minimum atomic E-state index is -0.0572. The molecule has 1 N–H and O–H groups in total. The second-order valence-corrected chi connectivity index (χ2v) is 5.53. The molecular weight excluding hydrogens is 274 g/mol. The van der Waals surface area contributed by atoms with Gasteiger partial charge in [-0.3, -0.25) is 4.79 Å². The maximum atomic E-state index is 12.5. The lowest BCUT2D eigenvalue weighted by atomic mass is 10.0. The first-order valence-electron chi connectivity index (χ1n) is 7.57. The molecule has 0 aromatic heterocycles. The van der Waals surface area contributed by atoms with Crippen LogP contribution in [0.2, 0.25) is 0 Å². The topological polar surface area (TPSA) is 38.3 Å². The van der Waals surface area contributed by atoms with Gasteiger partial charge in [-0.25, -0.2) is 0 Å². The van der Waals surface area contributed by atoms with Crippen molar-refractivity contribution in [2.24, 2.45) is 0 Å². The molecule has 0 aliphatic carbocycles. The van der Waals surface area contributed by atoms with Gasteiger partial charge in [-0.2, -0.15) is 0 Å². The quantitative estimate of drug-likeness (QED) is 0.898. The van der Waals surface area contributed by atoms with Crippen LogP contribution < -0.4 is 10.1 Å². The maximum Gasteiger partial charge on any atom is 0.251 e. The average molecular weight is 297 g/mol. The Labute approximate surface area is 132 Å². The largest absolute Gasteiger partial charge is 0.496 e. The van der Waals surface area contributed by atoms with Crippen molar-refractivity contribution in [3.8, 4) is 5.75 Å². The molecule has 0 aliphatic heterocycles. The molecule has 0 unspecified atom stereocenters. The molecule has 0 radical (unpaired) electrons. The molecule has 3 heteroatoms. The number of methoxy groups -OCH3 is 1. The van der Waals surface area contributed by atoms with E-state index in [-0.39, 0.29) is 11.9 Å². The second kappa shape index (κ2) is 7.12. The van der Waals surface area contributed by atoms with Crippen molar-refractivity contribution in [3.05, 3.63) is 64.7 Å². The Morgan fingerprint density at radius 3 is 2.36 bits per heavy atom. The molecule has 1 amide bonds. The third-order valence-electron chi connectivity index (χ3n) is 3.85. The average Bonchev–Trinajstić information content (AvgIpc) is 2.53. The van der Waals surface area contributed by atoms with Gasteiger partial charge in [0.25, 0.3) is 5.91 Å². The summed E-state index contributed by atoms with van der Waals surface area (Å²) in [6.07, 6.45) is 0.851. The molecule has 0 saturated carbocycles. The minimum absolute atomic E-state index is 0.0236. The maximum absolute atomic E-state index is 12.5. The zero-order chi connectivity index (χ0) is 16.1. The highest BCUT2D eigenvalue weighted by Gasteiger charge is 2.14. The SMILES string of the molecule is CC[C@H](NC(=O)c1ccc(OC)c(C)c1)c1ccc(C)cc1. The first-order valence-corrected chi connectivity index (χ1v) is 7.57. The molecule has 2 aromatic rings. The van der Waals surface area contributed by atoms with Crippen molar-refractivity contribution < 1.29 is 9.53 Å². The Kier molecular flexibility index (Phi) is 5.21. The van der Waals surface area contributed by atoms with E-state index in [4.69, 9.17) is 4.74 Å². The van der Waals surface area contributed by atoms with Gasteiger partial charge in [-0.1, -0.05) is 36.8 Å². The van der Waals surface area contributed by atoms with E-state index in [1.54, 1.807) is 13.2 Å². The molecule has 0 heterocycles. The fourth-order valence-corrected chi connectivity index (χ4v) is 2.48. The monoisotopic (exact) mass is 297 g/mol. The summed E-state index contributed by atoms with van der Waals surface area (Å²) in [5, 5.41) is 3.10. The van der Waals surface area contributed by atoms with Crippen LogP contribution in [0.5, 0.6) is 5.75 Å². The zero-order valence-corrected chi connectivity index (χ0v) is 13.6. The van der Waals surface area contributed by atoms with Crippen LogP contribution in [-0.2, 0) is 0 Å². The lowest BCUT2D eigenvalue weighted by Crippen LogP contribution is -2.28. The molecule has 2 aromatic carbocycles. The molecule has 22 heavy (non-hydrogen) atoms. The van der Waals surface area contributed by atoms with Crippen LogP contribution in [0.3, 0.4) is 0 Å². The number of hydrogen-bond acceptors (Lipinski definition) is 2. The molecule has 2 rings (SSSR count). The van der Waals surface area contributed by atoms with Crippen LogP contribution in [0.25, 0.3) is 0 Å². The highest BCUT2D eigenvalue weighted by atomic mass is 16.5. The van der Waals surface area contributed by atoms with Crippen molar-refractivity contribution in [1.29, 1.82) is 0 Å². The van der Waals surface area contributed by atoms with Gasteiger partial charge >= 0.3 is 0 Å². The number of carbonyl (C=O) groups excluding carboxylic acids is 1. The summed E-state index contributed by atoms with van der Waals surface area (Å²) in [4.78, 5) is 12.5. The van der Waals surface area contributed by atoms with Crippen molar-refractivity contribution in [2.75, 3.05) is 7.11 Å². The number of amides is 1.